The van der Waals surface area contributed by atoms with Crippen molar-refractivity contribution in [3.8, 4) is 11.5 Å². The number of hydrogen-bond acceptors (Lipinski definition) is 6. The number of amides is 2. The number of nitrogens with one attached hydrogen (secondary N) is 1. The van der Waals surface area contributed by atoms with Crippen LogP contribution in [0.4, 0.5) is 4.39 Å². The van der Waals surface area contributed by atoms with Gasteiger partial charge in [0.1, 0.15) is 23.4 Å². The van der Waals surface area contributed by atoms with E-state index in [0.717, 1.165) is 5.75 Å². The molecule has 1 spiro atoms. The molecule has 0 aliphatic carbocycles. The molecule has 2 N–H and O–H groups in total. The lowest BCUT2D eigenvalue weighted by molar-refractivity contribution is -0.152. The van der Waals surface area contributed by atoms with E-state index in [1.54, 1.807) is 12.1 Å². The highest BCUT2D eigenvalue weighted by molar-refractivity contribution is 5.86. The maximum absolute atomic E-state index is 12.6. The van der Waals surface area contributed by atoms with Gasteiger partial charge < -0.3 is 29.5 Å². The first-order valence-corrected chi connectivity index (χ1v) is 10.3. The van der Waals surface area contributed by atoms with Crippen molar-refractivity contribution >= 4 is 18.3 Å². The van der Waals surface area contributed by atoms with E-state index in [2.05, 4.69) is 5.32 Å². The van der Waals surface area contributed by atoms with Crippen LogP contribution in [-0.2, 0) is 23.9 Å². The molecule has 2 aromatic carbocycles. The molecule has 0 saturated carbocycles. The van der Waals surface area contributed by atoms with E-state index in [-0.39, 0.29) is 25.3 Å². The van der Waals surface area contributed by atoms with Crippen molar-refractivity contribution in [1.29, 1.82) is 0 Å². The van der Waals surface area contributed by atoms with Crippen molar-refractivity contribution in [3.05, 3.63) is 59.9 Å². The molecule has 2 heterocycles. The summed E-state index contributed by atoms with van der Waals surface area (Å²) in [5, 5.41) is 11.3. The van der Waals surface area contributed by atoms with Crippen molar-refractivity contribution in [2.24, 2.45) is 0 Å². The molecule has 33 heavy (non-hydrogen) atoms. The van der Waals surface area contributed by atoms with Crippen molar-refractivity contribution in [3.63, 3.8) is 0 Å². The summed E-state index contributed by atoms with van der Waals surface area (Å²) in [7, 11) is 0. The standard InChI is InChI=1S/C13H11FO.C10H14N2O6/c1-10-2-6-12(7-3-10)15-13-8-4-11(14)5-9-13;13-6-11-4-8(14)12-5-10(17-1-2-18-10)3-7(12)9(15)16/h2-9H,1H3;6-7H,1-5H2,(H,11,13)(H,15,16). The summed E-state index contributed by atoms with van der Waals surface area (Å²) in [6.45, 7) is 2.64. The summed E-state index contributed by atoms with van der Waals surface area (Å²) < 4.78 is 28.9. The van der Waals surface area contributed by atoms with Crippen LogP contribution in [0.15, 0.2) is 48.5 Å². The number of carbonyl (C=O) groups is 3. The molecule has 2 aliphatic heterocycles. The Kier molecular flexibility index (Phi) is 7.96. The number of likely N-dealkylation sites (tertiary alicyclic amines) is 1. The Morgan fingerprint density at radius 1 is 1.15 bits per heavy atom. The highest BCUT2D eigenvalue weighted by Crippen LogP contribution is 2.34. The van der Waals surface area contributed by atoms with Crippen LogP contribution in [0.1, 0.15) is 12.0 Å². The number of carboxylic acid groups (broad SMARTS) is 1. The minimum atomic E-state index is -1.11. The molecule has 0 aromatic heterocycles. The summed E-state index contributed by atoms with van der Waals surface area (Å²) in [5.74, 6) is -1.44. The molecule has 10 heteroatoms. The smallest absolute Gasteiger partial charge is 0.326 e. The Labute approximate surface area is 190 Å². The first-order valence-electron chi connectivity index (χ1n) is 10.3. The van der Waals surface area contributed by atoms with Gasteiger partial charge in [-0.25, -0.2) is 9.18 Å². The van der Waals surface area contributed by atoms with Gasteiger partial charge in [0.15, 0.2) is 5.79 Å². The van der Waals surface area contributed by atoms with Crippen LogP contribution in [-0.4, -0.2) is 66.4 Å². The van der Waals surface area contributed by atoms with Crippen molar-refractivity contribution in [2.75, 3.05) is 26.3 Å². The van der Waals surface area contributed by atoms with E-state index in [4.69, 9.17) is 19.3 Å². The Morgan fingerprint density at radius 3 is 2.27 bits per heavy atom. The predicted octanol–water partition coefficient (Wildman–Crippen LogP) is 2.09. The van der Waals surface area contributed by atoms with Gasteiger partial charge in [0.05, 0.1) is 26.3 Å². The second-order valence-corrected chi connectivity index (χ2v) is 7.56. The Hall–Kier alpha value is -3.50. The quantitative estimate of drug-likeness (QED) is 0.635. The summed E-state index contributed by atoms with van der Waals surface area (Å²) >= 11 is 0. The van der Waals surface area contributed by atoms with Gasteiger partial charge in [-0.3, -0.25) is 9.59 Å². The maximum atomic E-state index is 12.6. The van der Waals surface area contributed by atoms with Crippen LogP contribution in [0.5, 0.6) is 11.5 Å². The van der Waals surface area contributed by atoms with Crippen LogP contribution >= 0.6 is 0 Å². The molecule has 176 valence electrons. The number of aliphatic carboxylic acids is 1. The van der Waals surface area contributed by atoms with E-state index in [0.29, 0.717) is 25.4 Å². The van der Waals surface area contributed by atoms with Crippen molar-refractivity contribution < 1.29 is 38.1 Å². The van der Waals surface area contributed by atoms with Crippen LogP contribution in [0.25, 0.3) is 0 Å². The zero-order chi connectivity index (χ0) is 23.8. The van der Waals surface area contributed by atoms with Crippen molar-refractivity contribution in [2.45, 2.75) is 25.2 Å². The van der Waals surface area contributed by atoms with E-state index in [1.807, 2.05) is 31.2 Å². The van der Waals surface area contributed by atoms with Gasteiger partial charge in [-0.1, -0.05) is 17.7 Å². The molecule has 9 nitrogen and oxygen atoms in total. The molecule has 1 unspecified atom stereocenters. The topological polar surface area (TPSA) is 114 Å². The van der Waals surface area contributed by atoms with Gasteiger partial charge in [-0.2, -0.15) is 0 Å². The number of halogens is 1. The molecule has 2 fully saturated rings. The second kappa shape index (κ2) is 10.9. The number of hydrogen-bond donors (Lipinski definition) is 2. The van der Waals surface area contributed by atoms with Gasteiger partial charge in [0.25, 0.3) is 0 Å². The zero-order valence-electron chi connectivity index (χ0n) is 18.0. The van der Waals surface area contributed by atoms with Gasteiger partial charge in [-0.05, 0) is 43.3 Å². The Morgan fingerprint density at radius 2 is 1.73 bits per heavy atom. The maximum Gasteiger partial charge on any atom is 0.326 e. The highest BCUT2D eigenvalue weighted by atomic mass is 19.1. The molecule has 2 aliphatic rings. The number of ether oxygens (including phenoxy) is 3. The van der Waals surface area contributed by atoms with Gasteiger partial charge >= 0.3 is 5.97 Å². The first-order chi connectivity index (χ1) is 15.8. The monoisotopic (exact) mass is 460 g/mol. The largest absolute Gasteiger partial charge is 0.480 e. The molecule has 1 atom stereocenters. The number of carbonyl (C=O) groups excluding carboxylic acids is 2. The van der Waals surface area contributed by atoms with Crippen molar-refractivity contribution in [1.82, 2.24) is 10.2 Å². The molecular formula is C23H25FN2O7. The number of benzene rings is 2. The van der Waals surface area contributed by atoms with E-state index in [9.17, 15) is 18.8 Å². The van der Waals surface area contributed by atoms with Gasteiger partial charge in [0, 0.05) is 6.42 Å². The van der Waals surface area contributed by atoms with Gasteiger partial charge in [-0.15, -0.1) is 0 Å². The summed E-state index contributed by atoms with van der Waals surface area (Å²) in [6.07, 6.45) is 0.497. The fourth-order valence-corrected chi connectivity index (χ4v) is 3.50. The number of carboxylic acids is 1. The first kappa shape index (κ1) is 24.1. The SMILES string of the molecule is Cc1ccc(Oc2ccc(F)cc2)cc1.O=CNCC(=O)N1CC2(CC1C(=O)O)OCCO2. The highest BCUT2D eigenvalue weighted by Gasteiger charge is 2.52. The summed E-state index contributed by atoms with van der Waals surface area (Å²) in [4.78, 5) is 34.2. The van der Waals surface area contributed by atoms with E-state index in [1.165, 1.54) is 22.6 Å². The lowest BCUT2D eigenvalue weighted by atomic mass is 10.1. The van der Waals surface area contributed by atoms with E-state index < -0.39 is 23.7 Å². The van der Waals surface area contributed by atoms with Crippen LogP contribution in [0.2, 0.25) is 0 Å². The molecule has 2 saturated heterocycles. The molecule has 0 radical (unpaired) electrons. The number of aryl methyl sites for hydroxylation is 1. The minimum absolute atomic E-state index is 0.0728. The fraction of sp³-hybridized carbons (Fsp3) is 0.348. The summed E-state index contributed by atoms with van der Waals surface area (Å²) in [5.41, 5.74) is 1.18. The Balaban J connectivity index is 0.000000189. The average molecular weight is 460 g/mol. The normalized spacial score (nSPS) is 18.4. The minimum Gasteiger partial charge on any atom is -0.480 e. The third-order valence-corrected chi connectivity index (χ3v) is 5.12. The number of rotatable bonds is 6. The predicted molar refractivity (Wildman–Crippen MR) is 114 cm³/mol. The molecule has 2 aromatic rings. The van der Waals surface area contributed by atoms with Crippen LogP contribution in [0.3, 0.4) is 0 Å². The lowest BCUT2D eigenvalue weighted by Crippen LogP contribution is -2.45. The third-order valence-electron chi connectivity index (χ3n) is 5.12. The molecule has 2 amide bonds. The third kappa shape index (κ3) is 6.50. The van der Waals surface area contributed by atoms with E-state index >= 15 is 0 Å². The van der Waals surface area contributed by atoms with Crippen LogP contribution in [0, 0.1) is 12.7 Å². The van der Waals surface area contributed by atoms with Crippen LogP contribution < -0.4 is 10.1 Å². The van der Waals surface area contributed by atoms with Gasteiger partial charge in [0.2, 0.25) is 12.3 Å². The molecular weight excluding hydrogens is 435 g/mol. The fourth-order valence-electron chi connectivity index (χ4n) is 3.50. The molecule has 4 rings (SSSR count). The Bertz CT molecular complexity index is 916. The number of nitrogens with zero attached hydrogens (tertiary/aromatic N) is 1. The zero-order valence-corrected chi connectivity index (χ0v) is 18.0. The molecule has 0 bridgehead atoms. The lowest BCUT2D eigenvalue weighted by Gasteiger charge is -2.22. The average Bonchev–Trinajstić information content (AvgIpc) is 3.43. The second-order valence-electron chi connectivity index (χ2n) is 7.56. The summed E-state index contributed by atoms with van der Waals surface area (Å²) in [6, 6.07) is 12.7.